The molecule has 0 bridgehead atoms. The third-order valence-corrected chi connectivity index (χ3v) is 2.89. The van der Waals surface area contributed by atoms with Crippen molar-refractivity contribution in [1.82, 2.24) is 4.90 Å². The average Bonchev–Trinajstić information content (AvgIpc) is 2.29. The number of amides is 2. The maximum atomic E-state index is 11.3. The number of imide groups is 1. The molecular weight excluding hydrogens is 236 g/mol. The Kier molecular flexibility index (Phi) is 2.88. The van der Waals surface area contributed by atoms with Crippen molar-refractivity contribution in [1.29, 1.82) is 0 Å². The van der Waals surface area contributed by atoms with Crippen LogP contribution in [0.15, 0.2) is 30.3 Å². The van der Waals surface area contributed by atoms with Crippen LogP contribution < -0.4 is 5.73 Å². The first-order valence-electron chi connectivity index (χ1n) is 5.37. The minimum Gasteiger partial charge on any atom is -0.478 e. The molecule has 1 aliphatic heterocycles. The van der Waals surface area contributed by atoms with E-state index in [-0.39, 0.29) is 12.8 Å². The third-order valence-electron chi connectivity index (χ3n) is 2.89. The molecule has 6 heteroatoms. The van der Waals surface area contributed by atoms with Crippen molar-refractivity contribution in [3.8, 4) is 0 Å². The summed E-state index contributed by atoms with van der Waals surface area (Å²) >= 11 is 0. The van der Waals surface area contributed by atoms with Crippen LogP contribution >= 0.6 is 0 Å². The second-order valence-electron chi connectivity index (χ2n) is 4.19. The molecule has 1 aromatic carbocycles. The lowest BCUT2D eigenvalue weighted by Gasteiger charge is -2.41. The van der Waals surface area contributed by atoms with E-state index >= 15 is 0 Å². The van der Waals surface area contributed by atoms with Gasteiger partial charge < -0.3 is 5.11 Å². The maximum absolute atomic E-state index is 11.3. The molecule has 0 aliphatic carbocycles. The number of rotatable bonds is 4. The highest BCUT2D eigenvalue weighted by Gasteiger charge is 2.52. The van der Waals surface area contributed by atoms with Crippen molar-refractivity contribution in [3.05, 3.63) is 35.9 Å². The molecule has 0 saturated carbocycles. The number of carboxylic acid groups (broad SMARTS) is 1. The third kappa shape index (κ3) is 1.86. The summed E-state index contributed by atoms with van der Waals surface area (Å²) in [6.45, 7) is 0. The average molecular weight is 248 g/mol. The number of β-lactam (4-membered cyclic amide) rings is 2. The molecule has 0 aromatic heterocycles. The lowest BCUT2D eigenvalue weighted by atomic mass is 9.94. The van der Waals surface area contributed by atoms with Gasteiger partial charge in [-0.25, -0.2) is 4.79 Å². The number of aliphatic carboxylic acids is 1. The highest BCUT2D eigenvalue weighted by atomic mass is 16.4. The van der Waals surface area contributed by atoms with Crippen molar-refractivity contribution in [2.75, 3.05) is 0 Å². The first kappa shape index (κ1) is 12.3. The van der Waals surface area contributed by atoms with Gasteiger partial charge in [-0.1, -0.05) is 30.3 Å². The Balaban J connectivity index is 2.30. The van der Waals surface area contributed by atoms with Crippen LogP contribution in [0.2, 0.25) is 0 Å². The zero-order valence-electron chi connectivity index (χ0n) is 9.50. The molecule has 94 valence electrons. The number of likely N-dealkylation sites (tertiary alicyclic amines) is 1. The Morgan fingerprint density at radius 1 is 1.28 bits per heavy atom. The largest absolute Gasteiger partial charge is 0.478 e. The molecule has 0 unspecified atom stereocenters. The van der Waals surface area contributed by atoms with E-state index in [9.17, 15) is 19.5 Å². The van der Waals surface area contributed by atoms with E-state index in [1.54, 1.807) is 30.3 Å². The fourth-order valence-electron chi connectivity index (χ4n) is 1.94. The zero-order valence-corrected chi connectivity index (χ0v) is 9.50. The molecule has 2 amide bonds. The van der Waals surface area contributed by atoms with Gasteiger partial charge in [0.25, 0.3) is 0 Å². The lowest BCUT2D eigenvalue weighted by molar-refractivity contribution is -0.175. The monoisotopic (exact) mass is 248 g/mol. The van der Waals surface area contributed by atoms with Crippen molar-refractivity contribution in [3.63, 3.8) is 0 Å². The summed E-state index contributed by atoms with van der Waals surface area (Å²) in [5, 5.41) is 9.19. The fourth-order valence-corrected chi connectivity index (χ4v) is 1.94. The minimum absolute atomic E-state index is 0.110. The number of carbonyl (C=O) groups excluding carboxylic acids is 2. The maximum Gasteiger partial charge on any atom is 0.345 e. The summed E-state index contributed by atoms with van der Waals surface area (Å²) in [6.07, 6.45) is -0.387. The number of carboxylic acids is 1. The van der Waals surface area contributed by atoms with E-state index in [4.69, 9.17) is 5.73 Å². The molecule has 1 saturated heterocycles. The Morgan fingerprint density at radius 2 is 1.83 bits per heavy atom. The predicted octanol–water partition coefficient (Wildman–Crippen LogP) is -0.272. The smallest absolute Gasteiger partial charge is 0.345 e. The van der Waals surface area contributed by atoms with Crippen LogP contribution in [-0.4, -0.2) is 33.5 Å². The summed E-state index contributed by atoms with van der Waals surface area (Å²) in [5.74, 6) is -2.51. The van der Waals surface area contributed by atoms with Crippen LogP contribution in [0.4, 0.5) is 0 Å². The van der Waals surface area contributed by atoms with E-state index < -0.39 is 23.4 Å². The zero-order chi connectivity index (χ0) is 13.3. The highest BCUT2D eigenvalue weighted by Crippen LogP contribution is 2.24. The van der Waals surface area contributed by atoms with Crippen molar-refractivity contribution in [2.24, 2.45) is 5.73 Å². The van der Waals surface area contributed by atoms with Crippen LogP contribution in [0.1, 0.15) is 12.0 Å². The van der Waals surface area contributed by atoms with Gasteiger partial charge in [0.1, 0.15) is 6.42 Å². The van der Waals surface area contributed by atoms with E-state index in [1.807, 2.05) is 0 Å². The van der Waals surface area contributed by atoms with Crippen LogP contribution in [0.3, 0.4) is 0 Å². The van der Waals surface area contributed by atoms with Crippen LogP contribution in [0.25, 0.3) is 0 Å². The predicted molar refractivity (Wildman–Crippen MR) is 61.2 cm³/mol. The molecular formula is C12H12N2O4. The van der Waals surface area contributed by atoms with Crippen LogP contribution in [0.5, 0.6) is 0 Å². The molecule has 0 radical (unpaired) electrons. The van der Waals surface area contributed by atoms with Gasteiger partial charge in [0, 0.05) is 6.42 Å². The summed E-state index contributed by atoms with van der Waals surface area (Å²) in [6, 6.07) is 8.63. The molecule has 0 spiro atoms. The number of nitrogens with zero attached hydrogens (tertiary/aromatic N) is 1. The van der Waals surface area contributed by atoms with Gasteiger partial charge in [0.15, 0.2) is 0 Å². The SMILES string of the molecule is N[C@](Cc1ccccc1)(C(=O)O)N1C(=O)CC1=O. The molecule has 3 N–H and O–H groups in total. The molecule has 1 aromatic rings. The van der Waals surface area contributed by atoms with E-state index in [0.717, 1.165) is 0 Å². The van der Waals surface area contributed by atoms with E-state index in [0.29, 0.717) is 10.5 Å². The first-order valence-corrected chi connectivity index (χ1v) is 5.37. The van der Waals surface area contributed by atoms with Crippen molar-refractivity contribution < 1.29 is 19.5 Å². The number of benzene rings is 1. The number of hydrogen-bond acceptors (Lipinski definition) is 4. The summed E-state index contributed by atoms with van der Waals surface area (Å²) < 4.78 is 0. The van der Waals surface area contributed by atoms with Gasteiger partial charge in [-0.15, -0.1) is 0 Å². The molecule has 1 atom stereocenters. The molecule has 6 nitrogen and oxygen atoms in total. The van der Waals surface area contributed by atoms with Crippen molar-refractivity contribution in [2.45, 2.75) is 18.5 Å². The summed E-state index contributed by atoms with van der Waals surface area (Å²) in [4.78, 5) is 34.6. The number of hydrogen-bond donors (Lipinski definition) is 2. The van der Waals surface area contributed by atoms with Gasteiger partial charge in [-0.05, 0) is 5.56 Å². The normalized spacial score (nSPS) is 18.2. The van der Waals surface area contributed by atoms with Gasteiger partial charge in [0.05, 0.1) is 0 Å². The second kappa shape index (κ2) is 4.23. The van der Waals surface area contributed by atoms with Gasteiger partial charge in [-0.2, -0.15) is 0 Å². The number of carbonyl (C=O) groups is 3. The van der Waals surface area contributed by atoms with E-state index in [1.165, 1.54) is 0 Å². The van der Waals surface area contributed by atoms with E-state index in [2.05, 4.69) is 0 Å². The van der Waals surface area contributed by atoms with Gasteiger partial charge in [-0.3, -0.25) is 20.2 Å². The topological polar surface area (TPSA) is 101 Å². The Labute approximate surface area is 103 Å². The molecule has 18 heavy (non-hydrogen) atoms. The Bertz CT molecular complexity index is 500. The summed E-state index contributed by atoms with van der Waals surface area (Å²) in [5.41, 5.74) is 4.39. The lowest BCUT2D eigenvalue weighted by Crippen LogP contribution is -2.71. The van der Waals surface area contributed by atoms with Gasteiger partial charge >= 0.3 is 5.97 Å². The quantitative estimate of drug-likeness (QED) is 0.564. The first-order chi connectivity index (χ1) is 8.45. The van der Waals surface area contributed by atoms with Gasteiger partial charge in [0.2, 0.25) is 17.5 Å². The minimum atomic E-state index is -2.01. The Hall–Kier alpha value is -2.21. The Morgan fingerprint density at radius 3 is 2.28 bits per heavy atom. The standard InChI is InChI=1S/C12H12N2O4/c13-12(11(17)18,14-9(15)6-10(14)16)7-8-4-2-1-3-5-8/h1-5H,6-7,13H2,(H,17,18)/t12-/m0/s1. The molecule has 1 fully saturated rings. The van der Waals surface area contributed by atoms with Crippen LogP contribution in [-0.2, 0) is 20.8 Å². The molecule has 1 aliphatic rings. The summed E-state index contributed by atoms with van der Waals surface area (Å²) in [7, 11) is 0. The number of nitrogens with two attached hydrogens (primary N) is 1. The second-order valence-corrected chi connectivity index (χ2v) is 4.19. The van der Waals surface area contributed by atoms with Crippen molar-refractivity contribution >= 4 is 17.8 Å². The molecule has 1 heterocycles. The fraction of sp³-hybridized carbons (Fsp3) is 0.250. The molecule has 2 rings (SSSR count). The highest BCUT2D eigenvalue weighted by molar-refractivity contribution is 6.17. The van der Waals surface area contributed by atoms with Crippen LogP contribution in [0, 0.1) is 0 Å².